The predicted octanol–water partition coefficient (Wildman–Crippen LogP) is 3.62. The molecule has 20 heavy (non-hydrogen) atoms. The zero-order valence-corrected chi connectivity index (χ0v) is 13.1. The van der Waals surface area contributed by atoms with E-state index in [0.717, 1.165) is 9.37 Å². The fourth-order valence-corrected chi connectivity index (χ4v) is 2.99. The summed E-state index contributed by atoms with van der Waals surface area (Å²) in [7, 11) is 0. The minimum atomic E-state index is 0.151. The maximum Gasteiger partial charge on any atom is 0.240 e. The summed E-state index contributed by atoms with van der Waals surface area (Å²) in [6.45, 7) is 0. The van der Waals surface area contributed by atoms with E-state index >= 15 is 0 Å². The third-order valence-electron chi connectivity index (χ3n) is 2.35. The Morgan fingerprint density at radius 2 is 2.00 bits per heavy atom. The van der Waals surface area contributed by atoms with Gasteiger partial charge < -0.3 is 0 Å². The van der Waals surface area contributed by atoms with E-state index in [0.29, 0.717) is 11.1 Å². The molecule has 3 rings (SSSR count). The highest BCUT2D eigenvalue weighted by atomic mass is 79.9. The van der Waals surface area contributed by atoms with Crippen LogP contribution in [0.5, 0.6) is 0 Å². The molecule has 1 aromatic carbocycles. The summed E-state index contributed by atoms with van der Waals surface area (Å²) < 4.78 is 2.66. The van der Waals surface area contributed by atoms with Gasteiger partial charge in [0, 0.05) is 21.8 Å². The van der Waals surface area contributed by atoms with Crippen molar-refractivity contribution in [1.82, 2.24) is 24.5 Å². The van der Waals surface area contributed by atoms with Crippen molar-refractivity contribution in [2.45, 2.75) is 10.1 Å². The van der Waals surface area contributed by atoms with Crippen molar-refractivity contribution in [2.24, 2.45) is 0 Å². The van der Waals surface area contributed by atoms with E-state index in [9.17, 15) is 0 Å². The van der Waals surface area contributed by atoms with E-state index in [1.165, 1.54) is 11.8 Å². The van der Waals surface area contributed by atoms with Crippen LogP contribution in [0.4, 0.5) is 0 Å². The van der Waals surface area contributed by atoms with E-state index in [-0.39, 0.29) is 5.28 Å². The molecule has 0 bridgehead atoms. The Labute approximate surface area is 132 Å². The predicted molar refractivity (Wildman–Crippen MR) is 80.2 cm³/mol. The van der Waals surface area contributed by atoms with Gasteiger partial charge in [-0.15, -0.1) is 0 Å². The molecule has 0 saturated heterocycles. The molecular weight excluding hydrogens is 362 g/mol. The first-order chi connectivity index (χ1) is 9.72. The van der Waals surface area contributed by atoms with E-state index < -0.39 is 0 Å². The molecule has 2 aromatic heterocycles. The molecule has 0 spiro atoms. The van der Waals surface area contributed by atoms with Crippen molar-refractivity contribution in [3.63, 3.8) is 0 Å². The van der Waals surface area contributed by atoms with Crippen molar-refractivity contribution in [2.75, 3.05) is 0 Å². The highest BCUT2D eigenvalue weighted by molar-refractivity contribution is 9.10. The zero-order chi connectivity index (χ0) is 13.9. The highest BCUT2D eigenvalue weighted by Crippen LogP contribution is 2.31. The number of imidazole rings is 1. The molecule has 100 valence electrons. The molecule has 0 N–H and O–H groups in total. The number of hydrogen-bond acceptors (Lipinski definition) is 5. The van der Waals surface area contributed by atoms with Crippen LogP contribution in [0.15, 0.2) is 57.5 Å². The van der Waals surface area contributed by atoms with Crippen LogP contribution < -0.4 is 0 Å². The molecule has 0 fully saturated rings. The van der Waals surface area contributed by atoms with E-state index in [1.807, 2.05) is 24.3 Å². The number of rotatable bonds is 3. The maximum atomic E-state index is 5.95. The van der Waals surface area contributed by atoms with Crippen molar-refractivity contribution in [3.05, 3.63) is 52.7 Å². The van der Waals surface area contributed by atoms with Crippen LogP contribution >= 0.6 is 39.3 Å². The summed E-state index contributed by atoms with van der Waals surface area (Å²) >= 11 is 10.9. The molecule has 0 unspecified atom stereocenters. The second-order valence-corrected chi connectivity index (χ2v) is 5.89. The molecule has 0 aliphatic carbocycles. The fraction of sp³-hybridized carbons (Fsp3) is 0. The normalized spacial score (nSPS) is 10.7. The first-order valence-corrected chi connectivity index (χ1v) is 7.53. The highest BCUT2D eigenvalue weighted by Gasteiger charge is 2.09. The fourth-order valence-electron chi connectivity index (χ4n) is 1.49. The van der Waals surface area contributed by atoms with Gasteiger partial charge in [0.2, 0.25) is 11.2 Å². The van der Waals surface area contributed by atoms with Crippen molar-refractivity contribution >= 4 is 39.3 Å². The van der Waals surface area contributed by atoms with Crippen LogP contribution in [0, 0.1) is 0 Å². The lowest BCUT2D eigenvalue weighted by Gasteiger charge is -2.05. The summed E-state index contributed by atoms with van der Waals surface area (Å²) in [5.41, 5.74) is 0. The standard InChI is InChI=1S/C12H7BrClN5S/c13-8-3-1-2-4-9(8)20-12-17-10(14)16-11(18-12)19-6-5-15-7-19/h1-7H. The lowest BCUT2D eigenvalue weighted by Crippen LogP contribution is -2.02. The number of hydrogen-bond donors (Lipinski definition) is 0. The van der Waals surface area contributed by atoms with Crippen molar-refractivity contribution < 1.29 is 0 Å². The van der Waals surface area contributed by atoms with Crippen LogP contribution in [0.3, 0.4) is 0 Å². The van der Waals surface area contributed by atoms with Crippen LogP contribution in [0.25, 0.3) is 5.95 Å². The zero-order valence-electron chi connectivity index (χ0n) is 9.94. The summed E-state index contributed by atoms with van der Waals surface area (Å²) in [6, 6.07) is 7.84. The minimum Gasteiger partial charge on any atom is -0.274 e. The molecule has 8 heteroatoms. The summed E-state index contributed by atoms with van der Waals surface area (Å²) in [5.74, 6) is 0.442. The third kappa shape index (κ3) is 3.00. The van der Waals surface area contributed by atoms with Gasteiger partial charge in [-0.2, -0.15) is 15.0 Å². The Balaban J connectivity index is 1.97. The van der Waals surface area contributed by atoms with E-state index in [2.05, 4.69) is 35.9 Å². The number of aromatic nitrogens is 5. The Hall–Kier alpha value is -1.44. The van der Waals surface area contributed by atoms with Crippen molar-refractivity contribution in [3.8, 4) is 5.95 Å². The van der Waals surface area contributed by atoms with Gasteiger partial charge in [-0.05, 0) is 51.4 Å². The molecule has 0 amide bonds. The SMILES string of the molecule is Clc1nc(Sc2ccccc2Br)nc(-n2ccnc2)n1. The average molecular weight is 369 g/mol. The van der Waals surface area contributed by atoms with Crippen LogP contribution in [0.2, 0.25) is 5.28 Å². The maximum absolute atomic E-state index is 5.95. The molecular formula is C12H7BrClN5S. The van der Waals surface area contributed by atoms with Gasteiger partial charge in [0.05, 0.1) is 0 Å². The lowest BCUT2D eigenvalue weighted by molar-refractivity contribution is 0.823. The summed E-state index contributed by atoms with van der Waals surface area (Å²) in [5, 5.41) is 0.679. The van der Waals surface area contributed by atoms with Crippen LogP contribution in [-0.2, 0) is 0 Å². The Bertz CT molecular complexity index is 734. The quantitative estimate of drug-likeness (QED) is 0.706. The van der Waals surface area contributed by atoms with Crippen LogP contribution in [0.1, 0.15) is 0 Å². The Morgan fingerprint density at radius 3 is 2.75 bits per heavy atom. The smallest absolute Gasteiger partial charge is 0.240 e. The second-order valence-electron chi connectivity index (χ2n) is 3.69. The van der Waals surface area contributed by atoms with Gasteiger partial charge in [0.1, 0.15) is 6.33 Å². The molecule has 0 aliphatic rings. The molecule has 2 heterocycles. The number of benzene rings is 1. The molecule has 0 atom stereocenters. The molecule has 3 aromatic rings. The Kier molecular flexibility index (Phi) is 4.00. The van der Waals surface area contributed by atoms with E-state index in [4.69, 9.17) is 11.6 Å². The largest absolute Gasteiger partial charge is 0.274 e. The van der Waals surface area contributed by atoms with Gasteiger partial charge in [-0.1, -0.05) is 12.1 Å². The number of nitrogens with zero attached hydrogens (tertiary/aromatic N) is 5. The monoisotopic (exact) mass is 367 g/mol. The molecule has 0 aliphatic heterocycles. The number of halogens is 2. The summed E-state index contributed by atoms with van der Waals surface area (Å²) in [4.78, 5) is 17.6. The van der Waals surface area contributed by atoms with Gasteiger partial charge in [0.25, 0.3) is 0 Å². The van der Waals surface area contributed by atoms with Crippen LogP contribution in [-0.4, -0.2) is 24.5 Å². The minimum absolute atomic E-state index is 0.151. The van der Waals surface area contributed by atoms with Gasteiger partial charge in [-0.3, -0.25) is 4.57 Å². The lowest BCUT2D eigenvalue weighted by atomic mass is 10.4. The third-order valence-corrected chi connectivity index (χ3v) is 4.41. The average Bonchev–Trinajstić information content (AvgIpc) is 2.95. The van der Waals surface area contributed by atoms with Crippen molar-refractivity contribution in [1.29, 1.82) is 0 Å². The van der Waals surface area contributed by atoms with Gasteiger partial charge in [0.15, 0.2) is 5.16 Å². The summed E-state index contributed by atoms with van der Waals surface area (Å²) in [6.07, 6.45) is 5.01. The first kappa shape index (κ1) is 13.5. The Morgan fingerprint density at radius 1 is 1.15 bits per heavy atom. The second kappa shape index (κ2) is 5.90. The molecule has 0 saturated carbocycles. The first-order valence-electron chi connectivity index (χ1n) is 5.54. The van der Waals surface area contributed by atoms with Gasteiger partial charge >= 0.3 is 0 Å². The molecule has 0 radical (unpaired) electrons. The van der Waals surface area contributed by atoms with E-state index in [1.54, 1.807) is 23.3 Å². The van der Waals surface area contributed by atoms with Gasteiger partial charge in [-0.25, -0.2) is 4.98 Å². The topological polar surface area (TPSA) is 56.5 Å². The molecule has 5 nitrogen and oxygen atoms in total.